The van der Waals surface area contributed by atoms with E-state index in [0.29, 0.717) is 17.7 Å². The van der Waals surface area contributed by atoms with Gasteiger partial charge in [0.1, 0.15) is 11.0 Å². The SMILES string of the molecule is CN(C)Cc1cccc2sc(C(C)(C)NC(=O)Nc3ccc4c(c3)CN(C3CCC(=O)NC3=O)C4=O)nc12. The molecule has 1 fully saturated rings. The number of para-hydroxylation sites is 1. The number of nitrogens with one attached hydrogen (secondary N) is 3. The van der Waals surface area contributed by atoms with Crippen molar-refractivity contribution in [3.63, 3.8) is 0 Å². The topological polar surface area (TPSA) is 124 Å². The number of carbonyl (C=O) groups is 4. The van der Waals surface area contributed by atoms with Crippen molar-refractivity contribution in [3.05, 3.63) is 58.1 Å². The van der Waals surface area contributed by atoms with E-state index in [1.807, 2.05) is 40.1 Å². The number of aromatic nitrogens is 1. The van der Waals surface area contributed by atoms with Crippen LogP contribution in [0.2, 0.25) is 0 Å². The maximum atomic E-state index is 13.0. The number of nitrogens with zero attached hydrogens (tertiary/aromatic N) is 3. The van der Waals surface area contributed by atoms with Gasteiger partial charge >= 0.3 is 6.03 Å². The summed E-state index contributed by atoms with van der Waals surface area (Å²) in [5, 5.41) is 8.98. The Morgan fingerprint density at radius 3 is 2.74 bits per heavy atom. The van der Waals surface area contributed by atoms with Crippen LogP contribution in [-0.2, 0) is 28.2 Å². The summed E-state index contributed by atoms with van der Waals surface area (Å²) in [7, 11) is 4.03. The van der Waals surface area contributed by atoms with Crippen LogP contribution in [0.5, 0.6) is 0 Å². The Bertz CT molecular complexity index is 1460. The van der Waals surface area contributed by atoms with Gasteiger partial charge < -0.3 is 20.4 Å². The van der Waals surface area contributed by atoms with E-state index in [-0.39, 0.29) is 24.8 Å². The lowest BCUT2D eigenvalue weighted by Gasteiger charge is -2.29. The molecule has 3 aromatic rings. The van der Waals surface area contributed by atoms with Crippen LogP contribution in [0.3, 0.4) is 0 Å². The Balaban J connectivity index is 1.28. The van der Waals surface area contributed by atoms with Crippen LogP contribution in [0.15, 0.2) is 36.4 Å². The second-order valence-electron chi connectivity index (χ2n) is 10.5. The van der Waals surface area contributed by atoms with Crippen molar-refractivity contribution in [1.29, 1.82) is 0 Å². The van der Waals surface area contributed by atoms with E-state index in [4.69, 9.17) is 4.98 Å². The van der Waals surface area contributed by atoms with Crippen molar-refractivity contribution in [2.75, 3.05) is 19.4 Å². The van der Waals surface area contributed by atoms with Gasteiger partial charge in [-0.15, -0.1) is 11.3 Å². The molecule has 2 aromatic carbocycles. The minimum absolute atomic E-state index is 0.199. The maximum Gasteiger partial charge on any atom is 0.319 e. The van der Waals surface area contributed by atoms with Crippen LogP contribution < -0.4 is 16.0 Å². The highest BCUT2D eigenvalue weighted by Crippen LogP contribution is 2.33. The number of carbonyl (C=O) groups excluding carboxylic acids is 4. The summed E-state index contributed by atoms with van der Waals surface area (Å²) in [6.45, 7) is 4.84. The van der Waals surface area contributed by atoms with E-state index in [0.717, 1.165) is 32.9 Å². The number of rotatable bonds is 6. The molecule has 0 aliphatic carbocycles. The monoisotopic (exact) mass is 534 g/mol. The third-order valence-corrected chi connectivity index (χ3v) is 8.08. The van der Waals surface area contributed by atoms with Crippen molar-refractivity contribution in [2.24, 2.45) is 0 Å². The van der Waals surface area contributed by atoms with Crippen molar-refractivity contribution in [1.82, 2.24) is 25.4 Å². The highest BCUT2D eigenvalue weighted by molar-refractivity contribution is 7.18. The van der Waals surface area contributed by atoms with Crippen LogP contribution in [-0.4, -0.2) is 58.7 Å². The molecule has 5 amide bonds. The molecule has 2 aliphatic heterocycles. The third-order valence-electron chi connectivity index (χ3n) is 6.73. The number of urea groups is 1. The van der Waals surface area contributed by atoms with Gasteiger partial charge in [0.25, 0.3) is 5.91 Å². The van der Waals surface area contributed by atoms with E-state index in [1.54, 1.807) is 29.5 Å². The summed E-state index contributed by atoms with van der Waals surface area (Å²) in [5.74, 6) is -1.03. The highest BCUT2D eigenvalue weighted by atomic mass is 32.1. The molecule has 0 bridgehead atoms. The van der Waals surface area contributed by atoms with Crippen molar-refractivity contribution in [2.45, 2.75) is 51.4 Å². The van der Waals surface area contributed by atoms with Crippen LogP contribution in [0.1, 0.15) is 53.2 Å². The predicted octanol–water partition coefficient (Wildman–Crippen LogP) is 3.18. The molecule has 0 spiro atoms. The first-order valence-electron chi connectivity index (χ1n) is 12.4. The quantitative estimate of drug-likeness (QED) is 0.418. The Hall–Kier alpha value is -3.83. The molecule has 3 heterocycles. The molecule has 198 valence electrons. The smallest absolute Gasteiger partial charge is 0.319 e. The fourth-order valence-corrected chi connectivity index (χ4v) is 5.96. The molecule has 2 aliphatic rings. The van der Waals surface area contributed by atoms with Gasteiger partial charge in [-0.3, -0.25) is 19.7 Å². The summed E-state index contributed by atoms with van der Waals surface area (Å²) in [4.78, 5) is 58.1. The van der Waals surface area contributed by atoms with E-state index in [1.165, 1.54) is 4.90 Å². The number of benzene rings is 2. The molecule has 0 saturated carbocycles. The predicted molar refractivity (Wildman–Crippen MR) is 145 cm³/mol. The molecule has 1 saturated heterocycles. The van der Waals surface area contributed by atoms with Gasteiger partial charge in [-0.2, -0.15) is 0 Å². The fourth-order valence-electron chi connectivity index (χ4n) is 4.89. The van der Waals surface area contributed by atoms with Gasteiger partial charge in [0.2, 0.25) is 11.8 Å². The van der Waals surface area contributed by atoms with Gasteiger partial charge in [0, 0.05) is 30.8 Å². The number of thiazole rings is 1. The highest BCUT2D eigenvalue weighted by Gasteiger charge is 2.39. The Kier molecular flexibility index (Phi) is 6.66. The van der Waals surface area contributed by atoms with Crippen LogP contribution in [0.25, 0.3) is 10.2 Å². The molecular formula is C27H30N6O4S. The lowest BCUT2D eigenvalue weighted by atomic mass is 10.0. The Morgan fingerprint density at radius 2 is 2.00 bits per heavy atom. The van der Waals surface area contributed by atoms with E-state index < -0.39 is 23.5 Å². The summed E-state index contributed by atoms with van der Waals surface area (Å²) in [6, 6.07) is 10.1. The van der Waals surface area contributed by atoms with Crippen molar-refractivity contribution in [3.8, 4) is 0 Å². The van der Waals surface area contributed by atoms with E-state index in [2.05, 4.69) is 26.9 Å². The number of hydrogen-bond acceptors (Lipinski definition) is 7. The molecule has 38 heavy (non-hydrogen) atoms. The largest absolute Gasteiger partial charge is 0.326 e. The third kappa shape index (κ3) is 4.99. The summed E-state index contributed by atoms with van der Waals surface area (Å²) < 4.78 is 1.07. The first-order chi connectivity index (χ1) is 18.0. The molecule has 11 heteroatoms. The molecule has 5 rings (SSSR count). The van der Waals surface area contributed by atoms with Crippen LogP contribution in [0.4, 0.5) is 10.5 Å². The number of hydrogen-bond donors (Lipinski definition) is 3. The number of fused-ring (bicyclic) bond motifs is 2. The fraction of sp³-hybridized carbons (Fsp3) is 0.370. The maximum absolute atomic E-state index is 13.0. The first-order valence-corrected chi connectivity index (χ1v) is 13.2. The number of imide groups is 1. The summed E-state index contributed by atoms with van der Waals surface area (Å²) >= 11 is 1.56. The van der Waals surface area contributed by atoms with Gasteiger partial charge in [-0.05, 0) is 69.8 Å². The first kappa shape index (κ1) is 25.8. The lowest BCUT2D eigenvalue weighted by Crippen LogP contribution is -2.52. The van der Waals surface area contributed by atoms with Gasteiger partial charge in [0.05, 0.1) is 15.8 Å². The number of anilines is 1. The molecule has 1 atom stereocenters. The zero-order chi connectivity index (χ0) is 27.2. The number of amides is 5. The average molecular weight is 535 g/mol. The Labute approximate surface area is 224 Å². The van der Waals surface area contributed by atoms with Crippen molar-refractivity contribution >= 4 is 51.0 Å². The molecular weight excluding hydrogens is 504 g/mol. The van der Waals surface area contributed by atoms with E-state index in [9.17, 15) is 19.2 Å². The second-order valence-corrected chi connectivity index (χ2v) is 11.5. The van der Waals surface area contributed by atoms with Gasteiger partial charge in [-0.1, -0.05) is 12.1 Å². The van der Waals surface area contributed by atoms with E-state index >= 15 is 0 Å². The summed E-state index contributed by atoms with van der Waals surface area (Å²) in [6.07, 6.45) is 0.500. The molecule has 0 radical (unpaired) electrons. The van der Waals surface area contributed by atoms with Crippen LogP contribution in [0, 0.1) is 0 Å². The average Bonchev–Trinajstić information content (AvgIpc) is 3.41. The van der Waals surface area contributed by atoms with Gasteiger partial charge in [-0.25, -0.2) is 9.78 Å². The van der Waals surface area contributed by atoms with Gasteiger partial charge in [0.15, 0.2) is 0 Å². The second kappa shape index (κ2) is 9.80. The Morgan fingerprint density at radius 1 is 1.21 bits per heavy atom. The number of piperidine rings is 1. The minimum atomic E-state index is -0.724. The zero-order valence-corrected chi connectivity index (χ0v) is 22.6. The molecule has 1 unspecified atom stereocenters. The van der Waals surface area contributed by atoms with Crippen LogP contribution >= 0.6 is 11.3 Å². The summed E-state index contributed by atoms with van der Waals surface area (Å²) in [5.41, 5.74) is 3.10. The standard InChI is InChI=1S/C27H30N6O4S/c1-27(2,25-30-22-15(13-32(3)4)6-5-7-20(22)38-25)31-26(37)28-17-8-9-18-16(12-17)14-33(24(18)36)19-10-11-21(34)29-23(19)35/h5-9,12,19H,10-11,13-14H2,1-4H3,(H2,28,31,37)(H,29,34,35). The molecule has 10 nitrogen and oxygen atoms in total. The zero-order valence-electron chi connectivity index (χ0n) is 21.8. The normalized spacial score (nSPS) is 17.7. The van der Waals surface area contributed by atoms with Crippen molar-refractivity contribution < 1.29 is 19.2 Å². The minimum Gasteiger partial charge on any atom is -0.326 e. The molecule has 3 N–H and O–H groups in total. The lowest BCUT2D eigenvalue weighted by molar-refractivity contribution is -0.136. The molecule has 1 aromatic heterocycles.